The minimum absolute atomic E-state index is 0.134. The van der Waals surface area contributed by atoms with Crippen molar-refractivity contribution in [2.45, 2.75) is 56.9 Å². The summed E-state index contributed by atoms with van der Waals surface area (Å²) in [6.07, 6.45) is 3.33. The molecule has 2 N–H and O–H groups in total. The first-order valence-corrected chi connectivity index (χ1v) is 6.72. The zero-order valence-corrected chi connectivity index (χ0v) is 10.3. The van der Waals surface area contributed by atoms with Crippen LogP contribution in [0.4, 0.5) is 0 Å². The van der Waals surface area contributed by atoms with E-state index in [1.807, 2.05) is 0 Å². The van der Waals surface area contributed by atoms with E-state index in [9.17, 15) is 9.90 Å². The molecule has 1 fully saturated rings. The second-order valence-electron chi connectivity index (χ2n) is 4.43. The average Bonchev–Trinajstić information content (AvgIpc) is 2.19. The highest BCUT2D eigenvalue weighted by molar-refractivity contribution is 8.00. The fourth-order valence-electron chi connectivity index (χ4n) is 1.73. The normalized spacial score (nSPS) is 26.7. The maximum Gasteiger partial charge on any atom is 0.230 e. The van der Waals surface area contributed by atoms with Crippen LogP contribution in [0.25, 0.3) is 0 Å². The molecule has 1 aliphatic carbocycles. The molecule has 0 aromatic heterocycles. The van der Waals surface area contributed by atoms with Crippen molar-refractivity contribution in [2.75, 3.05) is 5.75 Å². The first-order valence-electron chi connectivity index (χ1n) is 5.67. The van der Waals surface area contributed by atoms with Gasteiger partial charge in [0.25, 0.3) is 0 Å². The highest BCUT2D eigenvalue weighted by atomic mass is 32.2. The molecule has 0 bridgehead atoms. The van der Waals surface area contributed by atoms with Crippen LogP contribution >= 0.6 is 11.8 Å². The van der Waals surface area contributed by atoms with E-state index in [0.717, 1.165) is 25.7 Å². The van der Waals surface area contributed by atoms with Crippen molar-refractivity contribution >= 4 is 17.7 Å². The van der Waals surface area contributed by atoms with E-state index >= 15 is 0 Å². The molecule has 15 heavy (non-hydrogen) atoms. The largest absolute Gasteiger partial charge is 0.393 e. The number of amides is 1. The molecule has 0 atom stereocenters. The number of aliphatic hydroxyl groups is 1. The molecule has 0 radical (unpaired) electrons. The van der Waals surface area contributed by atoms with E-state index in [4.69, 9.17) is 0 Å². The fourth-order valence-corrected chi connectivity index (χ4v) is 2.30. The van der Waals surface area contributed by atoms with Crippen molar-refractivity contribution < 1.29 is 9.90 Å². The lowest BCUT2D eigenvalue weighted by molar-refractivity contribution is -0.119. The summed E-state index contributed by atoms with van der Waals surface area (Å²) in [4.78, 5) is 11.5. The van der Waals surface area contributed by atoms with Crippen LogP contribution in [0.3, 0.4) is 0 Å². The SMILES string of the molecule is CC(C)SCC(=O)NC1CCC(O)CC1. The maximum absolute atomic E-state index is 11.5. The molecule has 1 amide bonds. The zero-order valence-electron chi connectivity index (χ0n) is 9.53. The van der Waals surface area contributed by atoms with E-state index in [0.29, 0.717) is 11.0 Å². The van der Waals surface area contributed by atoms with Gasteiger partial charge >= 0.3 is 0 Å². The molecule has 0 aromatic rings. The van der Waals surface area contributed by atoms with E-state index in [-0.39, 0.29) is 18.1 Å². The molecule has 0 aromatic carbocycles. The summed E-state index contributed by atoms with van der Waals surface area (Å²) in [5, 5.41) is 12.8. The van der Waals surface area contributed by atoms with Gasteiger partial charge in [-0.2, -0.15) is 0 Å². The topological polar surface area (TPSA) is 49.3 Å². The first kappa shape index (κ1) is 12.8. The van der Waals surface area contributed by atoms with E-state index in [1.54, 1.807) is 11.8 Å². The average molecular weight is 231 g/mol. The summed E-state index contributed by atoms with van der Waals surface area (Å²) in [7, 11) is 0. The zero-order chi connectivity index (χ0) is 11.3. The molecular weight excluding hydrogens is 210 g/mol. The molecule has 3 nitrogen and oxygen atoms in total. The van der Waals surface area contributed by atoms with Crippen LogP contribution in [0, 0.1) is 0 Å². The Bertz CT molecular complexity index is 201. The highest BCUT2D eigenvalue weighted by Gasteiger charge is 2.20. The van der Waals surface area contributed by atoms with Gasteiger partial charge in [-0.25, -0.2) is 0 Å². The molecule has 4 heteroatoms. The number of aliphatic hydroxyl groups excluding tert-OH is 1. The summed E-state index contributed by atoms with van der Waals surface area (Å²) < 4.78 is 0. The van der Waals surface area contributed by atoms with Crippen molar-refractivity contribution in [1.82, 2.24) is 5.32 Å². The molecule has 0 unspecified atom stereocenters. The Morgan fingerprint density at radius 1 is 1.40 bits per heavy atom. The molecule has 88 valence electrons. The van der Waals surface area contributed by atoms with Gasteiger partial charge in [-0.15, -0.1) is 11.8 Å². The lowest BCUT2D eigenvalue weighted by Crippen LogP contribution is -2.39. The molecule has 0 spiro atoms. The number of carbonyl (C=O) groups excluding carboxylic acids is 1. The summed E-state index contributed by atoms with van der Waals surface area (Å²) in [6, 6.07) is 0.286. The van der Waals surface area contributed by atoms with Gasteiger partial charge in [0.05, 0.1) is 11.9 Å². The number of hydrogen-bond acceptors (Lipinski definition) is 3. The van der Waals surface area contributed by atoms with Gasteiger partial charge < -0.3 is 10.4 Å². The first-order chi connectivity index (χ1) is 7.08. The summed E-state index contributed by atoms with van der Waals surface area (Å²) in [6.45, 7) is 4.18. The minimum Gasteiger partial charge on any atom is -0.393 e. The van der Waals surface area contributed by atoms with Gasteiger partial charge in [-0.05, 0) is 30.9 Å². The van der Waals surface area contributed by atoms with Gasteiger partial charge in [0, 0.05) is 6.04 Å². The molecule has 1 saturated carbocycles. The molecule has 1 rings (SSSR count). The maximum atomic E-state index is 11.5. The molecule has 1 aliphatic rings. The van der Waals surface area contributed by atoms with Gasteiger partial charge in [0.2, 0.25) is 5.91 Å². The molecule has 0 heterocycles. The Morgan fingerprint density at radius 3 is 2.53 bits per heavy atom. The third kappa shape index (κ3) is 5.42. The molecular formula is C11H21NO2S. The second-order valence-corrected chi connectivity index (χ2v) is 6.00. The summed E-state index contributed by atoms with van der Waals surface area (Å²) in [5.41, 5.74) is 0. The van der Waals surface area contributed by atoms with E-state index < -0.39 is 0 Å². The van der Waals surface area contributed by atoms with Crippen LogP contribution in [-0.2, 0) is 4.79 Å². The third-order valence-corrected chi connectivity index (χ3v) is 3.71. The predicted octanol–water partition coefficient (Wildman–Crippen LogP) is 1.55. The van der Waals surface area contributed by atoms with Gasteiger partial charge in [0.1, 0.15) is 0 Å². The Kier molecular flexibility index (Phi) is 5.47. The number of thioether (sulfide) groups is 1. The lowest BCUT2D eigenvalue weighted by Gasteiger charge is -2.26. The van der Waals surface area contributed by atoms with E-state index in [2.05, 4.69) is 19.2 Å². The van der Waals surface area contributed by atoms with Crippen molar-refractivity contribution in [2.24, 2.45) is 0 Å². The van der Waals surface area contributed by atoms with Crippen LogP contribution in [0.5, 0.6) is 0 Å². The minimum atomic E-state index is -0.150. The number of carbonyl (C=O) groups is 1. The quantitative estimate of drug-likeness (QED) is 0.772. The Balaban J connectivity index is 2.15. The van der Waals surface area contributed by atoms with Crippen molar-refractivity contribution in [3.63, 3.8) is 0 Å². The van der Waals surface area contributed by atoms with Crippen LogP contribution in [0.2, 0.25) is 0 Å². The van der Waals surface area contributed by atoms with Crippen molar-refractivity contribution in [3.05, 3.63) is 0 Å². The number of hydrogen-bond donors (Lipinski definition) is 2. The predicted molar refractivity (Wildman–Crippen MR) is 64.0 cm³/mol. The molecule has 0 saturated heterocycles. The standard InChI is InChI=1S/C11H21NO2S/c1-8(2)15-7-11(14)12-9-3-5-10(13)6-4-9/h8-10,13H,3-7H2,1-2H3,(H,12,14). The van der Waals surface area contributed by atoms with Gasteiger partial charge in [-0.3, -0.25) is 4.79 Å². The van der Waals surface area contributed by atoms with Crippen molar-refractivity contribution in [1.29, 1.82) is 0 Å². The smallest absolute Gasteiger partial charge is 0.230 e. The summed E-state index contributed by atoms with van der Waals surface area (Å²) in [5.74, 6) is 0.687. The van der Waals surface area contributed by atoms with Crippen LogP contribution in [0.1, 0.15) is 39.5 Å². The van der Waals surface area contributed by atoms with E-state index in [1.165, 1.54) is 0 Å². The van der Waals surface area contributed by atoms with Gasteiger partial charge in [-0.1, -0.05) is 13.8 Å². The number of rotatable bonds is 4. The third-order valence-electron chi connectivity index (χ3n) is 2.61. The highest BCUT2D eigenvalue weighted by Crippen LogP contribution is 2.18. The second kappa shape index (κ2) is 6.38. The Morgan fingerprint density at radius 2 is 2.00 bits per heavy atom. The Labute approximate surface area is 96.0 Å². The Hall–Kier alpha value is -0.220. The van der Waals surface area contributed by atoms with Crippen molar-refractivity contribution in [3.8, 4) is 0 Å². The monoisotopic (exact) mass is 231 g/mol. The number of nitrogens with one attached hydrogen (secondary N) is 1. The van der Waals surface area contributed by atoms with Gasteiger partial charge in [0.15, 0.2) is 0 Å². The lowest BCUT2D eigenvalue weighted by atomic mass is 9.93. The fraction of sp³-hybridized carbons (Fsp3) is 0.909. The van der Waals surface area contributed by atoms with Crippen LogP contribution in [-0.4, -0.2) is 34.2 Å². The summed E-state index contributed by atoms with van der Waals surface area (Å²) >= 11 is 1.67. The molecule has 0 aliphatic heterocycles. The van der Waals surface area contributed by atoms with Crippen LogP contribution < -0.4 is 5.32 Å². The van der Waals surface area contributed by atoms with Crippen LogP contribution in [0.15, 0.2) is 0 Å².